The van der Waals surface area contributed by atoms with Gasteiger partial charge in [-0.3, -0.25) is 4.98 Å². The summed E-state index contributed by atoms with van der Waals surface area (Å²) in [5.74, 6) is 0.254. The van der Waals surface area contributed by atoms with Gasteiger partial charge in [-0.05, 0) is 18.2 Å². The number of rotatable bonds is 2. The number of nitrogens with zero attached hydrogens (tertiary/aromatic N) is 1. The third kappa shape index (κ3) is 1.69. The van der Waals surface area contributed by atoms with Crippen LogP contribution >= 0.6 is 0 Å². The van der Waals surface area contributed by atoms with E-state index in [2.05, 4.69) is 9.72 Å². The minimum absolute atomic E-state index is 0.385. The topological polar surface area (TPSA) is 48.4 Å². The first-order valence-corrected chi connectivity index (χ1v) is 4.76. The smallest absolute Gasteiger partial charge is 0.338 e. The van der Waals surface area contributed by atoms with E-state index in [-0.39, 0.29) is 5.97 Å². The summed E-state index contributed by atoms with van der Waals surface area (Å²) < 4.78 is 9.90. The summed E-state index contributed by atoms with van der Waals surface area (Å²) >= 11 is 0. The first-order chi connectivity index (χ1) is 7.76. The van der Waals surface area contributed by atoms with Crippen LogP contribution in [0.2, 0.25) is 0 Å². The van der Waals surface area contributed by atoms with Crippen LogP contribution in [-0.2, 0) is 4.74 Å². The van der Waals surface area contributed by atoms with E-state index < -0.39 is 0 Å². The van der Waals surface area contributed by atoms with E-state index >= 15 is 0 Å². The minimum atomic E-state index is -0.385. The quantitative estimate of drug-likeness (QED) is 0.722. The molecule has 0 saturated heterocycles. The predicted molar refractivity (Wildman–Crippen MR) is 59.6 cm³/mol. The summed E-state index contributed by atoms with van der Waals surface area (Å²) in [6.45, 7) is 0. The Bertz CT molecular complexity index is 537. The highest BCUT2D eigenvalue weighted by molar-refractivity contribution is 5.98. The molecule has 0 radical (unpaired) electrons. The number of carbonyl (C=O) groups excluding carboxylic acids is 1. The summed E-state index contributed by atoms with van der Waals surface area (Å²) in [5, 5.41) is 1.77. The van der Waals surface area contributed by atoms with E-state index in [1.54, 1.807) is 31.6 Å². The van der Waals surface area contributed by atoms with Gasteiger partial charge in [0.1, 0.15) is 5.75 Å². The molecule has 0 spiro atoms. The molecule has 0 unspecified atom stereocenters. The first kappa shape index (κ1) is 10.4. The van der Waals surface area contributed by atoms with Gasteiger partial charge in [-0.1, -0.05) is 0 Å². The number of pyridine rings is 1. The van der Waals surface area contributed by atoms with Gasteiger partial charge in [0.25, 0.3) is 0 Å². The fourth-order valence-electron chi connectivity index (χ4n) is 1.58. The number of aromatic nitrogens is 1. The Balaban J connectivity index is 2.68. The molecule has 2 aromatic rings. The van der Waals surface area contributed by atoms with Gasteiger partial charge in [-0.15, -0.1) is 0 Å². The van der Waals surface area contributed by atoms with Crippen LogP contribution in [-0.4, -0.2) is 25.2 Å². The molecule has 0 bridgehead atoms. The SMILES string of the molecule is COC(=O)c1cc(OC)c2ccncc2c1. The average molecular weight is 217 g/mol. The van der Waals surface area contributed by atoms with Gasteiger partial charge < -0.3 is 9.47 Å². The van der Waals surface area contributed by atoms with Crippen LogP contribution in [0.4, 0.5) is 0 Å². The number of methoxy groups -OCH3 is 2. The average Bonchev–Trinajstić information content (AvgIpc) is 2.36. The number of hydrogen-bond donors (Lipinski definition) is 0. The molecular weight excluding hydrogens is 206 g/mol. The Kier molecular flexibility index (Phi) is 2.72. The van der Waals surface area contributed by atoms with Crippen LogP contribution in [0.5, 0.6) is 5.75 Å². The second-order valence-corrected chi connectivity index (χ2v) is 3.27. The van der Waals surface area contributed by atoms with Crippen molar-refractivity contribution in [2.75, 3.05) is 14.2 Å². The molecule has 0 saturated carbocycles. The summed E-state index contributed by atoms with van der Waals surface area (Å²) in [4.78, 5) is 15.4. The van der Waals surface area contributed by atoms with E-state index in [9.17, 15) is 4.79 Å². The van der Waals surface area contributed by atoms with E-state index in [0.29, 0.717) is 11.3 Å². The number of fused-ring (bicyclic) bond motifs is 1. The summed E-state index contributed by atoms with van der Waals surface area (Å²) in [6.07, 6.45) is 3.37. The van der Waals surface area contributed by atoms with Gasteiger partial charge >= 0.3 is 5.97 Å². The molecule has 2 rings (SSSR count). The standard InChI is InChI=1S/C12H11NO3/c1-15-11-6-8(12(14)16-2)5-9-7-13-4-3-10(9)11/h3-7H,1-2H3. The summed E-state index contributed by atoms with van der Waals surface area (Å²) in [5.41, 5.74) is 0.458. The van der Waals surface area contributed by atoms with Crippen LogP contribution in [0.25, 0.3) is 10.8 Å². The molecule has 0 aliphatic carbocycles. The van der Waals surface area contributed by atoms with E-state index in [1.165, 1.54) is 7.11 Å². The highest BCUT2D eigenvalue weighted by atomic mass is 16.5. The van der Waals surface area contributed by atoms with E-state index in [0.717, 1.165) is 10.8 Å². The van der Waals surface area contributed by atoms with Gasteiger partial charge in [0, 0.05) is 23.2 Å². The first-order valence-electron chi connectivity index (χ1n) is 4.76. The zero-order valence-electron chi connectivity index (χ0n) is 9.06. The molecule has 82 valence electrons. The molecule has 0 fully saturated rings. The molecule has 16 heavy (non-hydrogen) atoms. The number of carbonyl (C=O) groups is 1. The van der Waals surface area contributed by atoms with Crippen LogP contribution in [0.15, 0.2) is 30.6 Å². The molecule has 0 atom stereocenters. The highest BCUT2D eigenvalue weighted by Crippen LogP contribution is 2.26. The molecule has 4 heteroatoms. The number of ether oxygens (including phenoxy) is 2. The van der Waals surface area contributed by atoms with Crippen molar-refractivity contribution in [1.29, 1.82) is 0 Å². The molecule has 0 aliphatic heterocycles. The van der Waals surface area contributed by atoms with Crippen LogP contribution in [0.3, 0.4) is 0 Å². The Morgan fingerprint density at radius 2 is 2.12 bits per heavy atom. The molecule has 4 nitrogen and oxygen atoms in total. The second kappa shape index (κ2) is 4.18. The van der Waals surface area contributed by atoms with Gasteiger partial charge in [-0.2, -0.15) is 0 Å². The fourth-order valence-corrected chi connectivity index (χ4v) is 1.58. The van der Waals surface area contributed by atoms with Crippen molar-refractivity contribution < 1.29 is 14.3 Å². The lowest BCUT2D eigenvalue weighted by molar-refractivity contribution is 0.0600. The largest absolute Gasteiger partial charge is 0.496 e. The third-order valence-corrected chi connectivity index (χ3v) is 2.36. The van der Waals surface area contributed by atoms with Crippen molar-refractivity contribution >= 4 is 16.7 Å². The lowest BCUT2D eigenvalue weighted by Crippen LogP contribution is -2.01. The lowest BCUT2D eigenvalue weighted by Gasteiger charge is -2.07. The number of esters is 1. The Morgan fingerprint density at radius 1 is 1.31 bits per heavy atom. The van der Waals surface area contributed by atoms with Gasteiger partial charge in [0.2, 0.25) is 0 Å². The lowest BCUT2D eigenvalue weighted by atomic mass is 10.1. The Hall–Kier alpha value is -2.10. The predicted octanol–water partition coefficient (Wildman–Crippen LogP) is 2.03. The zero-order chi connectivity index (χ0) is 11.5. The number of benzene rings is 1. The van der Waals surface area contributed by atoms with Crippen molar-refractivity contribution in [3.63, 3.8) is 0 Å². The van der Waals surface area contributed by atoms with E-state index in [4.69, 9.17) is 4.74 Å². The van der Waals surface area contributed by atoms with Crippen molar-refractivity contribution in [1.82, 2.24) is 4.98 Å². The van der Waals surface area contributed by atoms with Gasteiger partial charge in [0.15, 0.2) is 0 Å². The fraction of sp³-hybridized carbons (Fsp3) is 0.167. The molecule has 0 aliphatic rings. The number of hydrogen-bond acceptors (Lipinski definition) is 4. The molecule has 0 amide bonds. The molecule has 0 N–H and O–H groups in total. The summed E-state index contributed by atoms with van der Waals surface area (Å²) in [7, 11) is 2.92. The van der Waals surface area contributed by atoms with Crippen LogP contribution in [0.1, 0.15) is 10.4 Å². The Morgan fingerprint density at radius 3 is 2.81 bits per heavy atom. The maximum absolute atomic E-state index is 11.4. The molecular formula is C12H11NO3. The highest BCUT2D eigenvalue weighted by Gasteiger charge is 2.10. The normalized spacial score (nSPS) is 10.1. The third-order valence-electron chi connectivity index (χ3n) is 2.36. The zero-order valence-corrected chi connectivity index (χ0v) is 9.06. The second-order valence-electron chi connectivity index (χ2n) is 3.27. The monoisotopic (exact) mass is 217 g/mol. The maximum Gasteiger partial charge on any atom is 0.338 e. The van der Waals surface area contributed by atoms with Crippen LogP contribution in [0, 0.1) is 0 Å². The molecule has 1 aromatic heterocycles. The van der Waals surface area contributed by atoms with Crippen molar-refractivity contribution in [3.05, 3.63) is 36.2 Å². The Labute approximate surface area is 92.8 Å². The maximum atomic E-state index is 11.4. The van der Waals surface area contributed by atoms with Gasteiger partial charge in [0.05, 0.1) is 19.8 Å². The summed E-state index contributed by atoms with van der Waals surface area (Å²) in [6, 6.07) is 5.24. The van der Waals surface area contributed by atoms with Crippen molar-refractivity contribution in [2.24, 2.45) is 0 Å². The van der Waals surface area contributed by atoms with Crippen molar-refractivity contribution in [2.45, 2.75) is 0 Å². The van der Waals surface area contributed by atoms with Crippen molar-refractivity contribution in [3.8, 4) is 5.75 Å². The van der Waals surface area contributed by atoms with Crippen LogP contribution < -0.4 is 4.74 Å². The van der Waals surface area contributed by atoms with E-state index in [1.807, 2.05) is 6.07 Å². The molecule has 1 aromatic carbocycles. The minimum Gasteiger partial charge on any atom is -0.496 e. The van der Waals surface area contributed by atoms with Gasteiger partial charge in [-0.25, -0.2) is 4.79 Å². The molecule has 1 heterocycles.